The second-order valence-corrected chi connectivity index (χ2v) is 7.08. The van der Waals surface area contributed by atoms with E-state index in [1.165, 1.54) is 17.9 Å². The summed E-state index contributed by atoms with van der Waals surface area (Å²) in [6.07, 6.45) is 1.21. The molecule has 0 aliphatic carbocycles. The van der Waals surface area contributed by atoms with Crippen LogP contribution >= 0.6 is 23.5 Å². The molecule has 1 aliphatic rings. The third-order valence-corrected chi connectivity index (χ3v) is 5.49. The Bertz CT molecular complexity index is 456. The summed E-state index contributed by atoms with van der Waals surface area (Å²) in [6, 6.07) is 6.77. The molecule has 0 saturated carbocycles. The van der Waals surface area contributed by atoms with Crippen LogP contribution in [0.5, 0.6) is 0 Å². The molecule has 0 radical (unpaired) electrons. The van der Waals surface area contributed by atoms with E-state index in [9.17, 15) is 0 Å². The number of thioether (sulfide) groups is 2. The summed E-state index contributed by atoms with van der Waals surface area (Å²) in [7, 11) is 2.12. The van der Waals surface area contributed by atoms with Gasteiger partial charge in [-0.1, -0.05) is 13.0 Å². The van der Waals surface area contributed by atoms with E-state index < -0.39 is 0 Å². The number of nitrogens with two attached hydrogens (primary N) is 1. The Morgan fingerprint density at radius 2 is 2.37 bits per heavy atom. The van der Waals surface area contributed by atoms with Gasteiger partial charge in [-0.15, -0.1) is 11.8 Å². The summed E-state index contributed by atoms with van der Waals surface area (Å²) in [6.45, 7) is 2.12. The van der Waals surface area contributed by atoms with E-state index in [0.29, 0.717) is 6.04 Å². The van der Waals surface area contributed by atoms with Crippen LogP contribution in [0.1, 0.15) is 18.9 Å². The number of nitrogens with zero attached hydrogens (tertiary/aromatic N) is 1. The number of anilines is 1. The summed E-state index contributed by atoms with van der Waals surface area (Å²) < 4.78 is 0. The van der Waals surface area contributed by atoms with Gasteiger partial charge in [0.1, 0.15) is 5.84 Å². The van der Waals surface area contributed by atoms with Gasteiger partial charge >= 0.3 is 0 Å². The van der Waals surface area contributed by atoms with Gasteiger partial charge in [-0.3, -0.25) is 5.41 Å². The van der Waals surface area contributed by atoms with Crippen LogP contribution in [0.2, 0.25) is 0 Å². The predicted octanol–water partition coefficient (Wildman–Crippen LogP) is 3.02. The van der Waals surface area contributed by atoms with E-state index >= 15 is 0 Å². The van der Waals surface area contributed by atoms with Gasteiger partial charge in [0.05, 0.1) is 5.56 Å². The number of nitrogen functional groups attached to an aromatic ring is 1. The normalized spacial score (nSPS) is 18.5. The monoisotopic (exact) mass is 295 g/mol. The van der Waals surface area contributed by atoms with Crippen LogP contribution in [0.25, 0.3) is 0 Å². The topological polar surface area (TPSA) is 53.1 Å². The summed E-state index contributed by atoms with van der Waals surface area (Å²) in [5.41, 5.74) is 7.81. The molecule has 1 atom stereocenters. The standard InChI is InChI=1S/C14H21N3S2/c1-3-19-12-6-4-5-11(13(12)14(15)16)17(2)10-7-8-18-9-10/h4-6,10H,3,7-9H2,1-2H3,(H3,15,16). The first-order valence-corrected chi connectivity index (χ1v) is 8.70. The molecule has 19 heavy (non-hydrogen) atoms. The Hall–Kier alpha value is -0.810. The molecule has 1 aromatic carbocycles. The van der Waals surface area contributed by atoms with Crippen LogP contribution in [0.3, 0.4) is 0 Å². The third-order valence-electron chi connectivity index (χ3n) is 3.41. The largest absolute Gasteiger partial charge is 0.384 e. The molecule has 1 fully saturated rings. The highest BCUT2D eigenvalue weighted by molar-refractivity contribution is 7.99. The zero-order valence-electron chi connectivity index (χ0n) is 11.5. The third kappa shape index (κ3) is 3.20. The second-order valence-electron chi connectivity index (χ2n) is 4.63. The van der Waals surface area contributed by atoms with Gasteiger partial charge in [0.15, 0.2) is 0 Å². The first kappa shape index (κ1) is 14.6. The Labute approximate surface area is 123 Å². The molecule has 3 nitrogen and oxygen atoms in total. The smallest absolute Gasteiger partial charge is 0.126 e. The highest BCUT2D eigenvalue weighted by Crippen LogP contribution is 2.33. The quantitative estimate of drug-likeness (QED) is 0.498. The highest BCUT2D eigenvalue weighted by atomic mass is 32.2. The van der Waals surface area contributed by atoms with Gasteiger partial charge in [0.2, 0.25) is 0 Å². The van der Waals surface area contributed by atoms with Crippen molar-refractivity contribution in [2.75, 3.05) is 29.2 Å². The van der Waals surface area contributed by atoms with Gasteiger partial charge in [0, 0.05) is 29.4 Å². The zero-order valence-corrected chi connectivity index (χ0v) is 13.1. The Kier molecular flexibility index (Phi) is 5.05. The molecule has 1 aliphatic heterocycles. The summed E-state index contributed by atoms with van der Waals surface area (Å²) >= 11 is 3.75. The molecule has 0 spiro atoms. The number of amidine groups is 1. The van der Waals surface area contributed by atoms with Gasteiger partial charge in [-0.25, -0.2) is 0 Å². The van der Waals surface area contributed by atoms with Crippen molar-refractivity contribution >= 4 is 35.0 Å². The predicted molar refractivity (Wildman–Crippen MR) is 88.0 cm³/mol. The first-order valence-electron chi connectivity index (χ1n) is 6.56. The molecule has 104 valence electrons. The van der Waals surface area contributed by atoms with Crippen molar-refractivity contribution in [3.63, 3.8) is 0 Å². The Morgan fingerprint density at radius 3 is 2.95 bits per heavy atom. The van der Waals surface area contributed by atoms with Crippen LogP contribution < -0.4 is 10.6 Å². The maximum Gasteiger partial charge on any atom is 0.126 e. The average Bonchev–Trinajstić information content (AvgIpc) is 2.91. The number of benzene rings is 1. The van der Waals surface area contributed by atoms with Crippen molar-refractivity contribution in [2.45, 2.75) is 24.3 Å². The molecule has 5 heteroatoms. The average molecular weight is 295 g/mol. The molecule has 2 rings (SSSR count). The first-order chi connectivity index (χ1) is 9.15. The maximum absolute atomic E-state index is 7.89. The van der Waals surface area contributed by atoms with E-state index in [-0.39, 0.29) is 5.84 Å². The lowest BCUT2D eigenvalue weighted by Crippen LogP contribution is -2.33. The minimum atomic E-state index is 0.170. The molecule has 0 bridgehead atoms. The SMILES string of the molecule is CCSc1cccc(N(C)C2CCSC2)c1C(=N)N. The molecule has 1 saturated heterocycles. The van der Waals surface area contributed by atoms with Gasteiger partial charge in [-0.05, 0) is 30.1 Å². The molecule has 0 amide bonds. The van der Waals surface area contributed by atoms with Crippen molar-refractivity contribution in [3.8, 4) is 0 Å². The van der Waals surface area contributed by atoms with Crippen LogP contribution in [0.15, 0.2) is 23.1 Å². The fourth-order valence-corrected chi connectivity index (χ4v) is 4.50. The molecule has 1 heterocycles. The van der Waals surface area contributed by atoms with E-state index in [1.807, 2.05) is 11.8 Å². The van der Waals surface area contributed by atoms with Crippen molar-refractivity contribution in [1.29, 1.82) is 5.41 Å². The fourth-order valence-electron chi connectivity index (χ4n) is 2.38. The van der Waals surface area contributed by atoms with Crippen LogP contribution in [-0.2, 0) is 0 Å². The molecule has 0 aromatic heterocycles. The van der Waals surface area contributed by atoms with E-state index in [2.05, 4.69) is 37.1 Å². The van der Waals surface area contributed by atoms with Crippen molar-refractivity contribution < 1.29 is 0 Å². The Balaban J connectivity index is 2.37. The minimum Gasteiger partial charge on any atom is -0.384 e. The lowest BCUT2D eigenvalue weighted by molar-refractivity contribution is 0.699. The minimum absolute atomic E-state index is 0.170. The number of rotatable bonds is 5. The van der Waals surface area contributed by atoms with Crippen molar-refractivity contribution in [1.82, 2.24) is 0 Å². The van der Waals surface area contributed by atoms with Gasteiger partial charge < -0.3 is 10.6 Å². The summed E-state index contributed by atoms with van der Waals surface area (Å²) in [5, 5.41) is 7.89. The molecular weight excluding hydrogens is 274 g/mol. The van der Waals surface area contributed by atoms with E-state index in [1.54, 1.807) is 11.8 Å². The van der Waals surface area contributed by atoms with Crippen molar-refractivity contribution in [3.05, 3.63) is 23.8 Å². The number of hydrogen-bond acceptors (Lipinski definition) is 4. The molecule has 1 unspecified atom stereocenters. The number of hydrogen-bond donors (Lipinski definition) is 2. The van der Waals surface area contributed by atoms with Crippen LogP contribution in [-0.4, -0.2) is 36.2 Å². The zero-order chi connectivity index (χ0) is 13.8. The molecule has 1 aromatic rings. The number of nitrogens with one attached hydrogen (secondary N) is 1. The molecule has 3 N–H and O–H groups in total. The lowest BCUT2D eigenvalue weighted by Gasteiger charge is -2.29. The van der Waals surface area contributed by atoms with E-state index in [0.717, 1.165) is 21.9 Å². The highest BCUT2D eigenvalue weighted by Gasteiger charge is 2.23. The second kappa shape index (κ2) is 6.57. The maximum atomic E-state index is 7.89. The van der Waals surface area contributed by atoms with Gasteiger partial charge in [-0.2, -0.15) is 11.8 Å². The Morgan fingerprint density at radius 1 is 1.58 bits per heavy atom. The fraction of sp³-hybridized carbons (Fsp3) is 0.500. The summed E-state index contributed by atoms with van der Waals surface area (Å²) in [4.78, 5) is 3.42. The van der Waals surface area contributed by atoms with Gasteiger partial charge in [0.25, 0.3) is 0 Å². The van der Waals surface area contributed by atoms with Crippen LogP contribution in [0, 0.1) is 5.41 Å². The lowest BCUT2D eigenvalue weighted by atomic mass is 10.1. The van der Waals surface area contributed by atoms with Crippen LogP contribution in [0.4, 0.5) is 5.69 Å². The van der Waals surface area contributed by atoms with Crippen molar-refractivity contribution in [2.24, 2.45) is 5.73 Å². The molecular formula is C14H21N3S2. The van der Waals surface area contributed by atoms with E-state index in [4.69, 9.17) is 11.1 Å². The summed E-state index contributed by atoms with van der Waals surface area (Å²) in [5.74, 6) is 3.56.